The van der Waals surface area contributed by atoms with E-state index in [4.69, 9.17) is 9.15 Å². The summed E-state index contributed by atoms with van der Waals surface area (Å²) in [5.41, 5.74) is 2.11. The number of hydrogen-bond donors (Lipinski definition) is 0. The molecule has 1 aliphatic carbocycles. The van der Waals surface area contributed by atoms with Gasteiger partial charge in [0.1, 0.15) is 12.3 Å². The molecular formula is C23H26N2O6. The Bertz CT molecular complexity index is 995. The normalized spacial score (nSPS) is 20.8. The molecule has 2 fully saturated rings. The molecule has 2 aliphatic rings. The predicted molar refractivity (Wildman–Crippen MR) is 109 cm³/mol. The highest BCUT2D eigenvalue weighted by atomic mass is 16.5. The molecule has 0 aromatic carbocycles. The summed E-state index contributed by atoms with van der Waals surface area (Å²) in [7, 11) is 0. The Labute approximate surface area is 180 Å². The summed E-state index contributed by atoms with van der Waals surface area (Å²) >= 11 is 0. The van der Waals surface area contributed by atoms with Crippen LogP contribution in [0.1, 0.15) is 53.2 Å². The first-order valence-corrected chi connectivity index (χ1v) is 10.6. The van der Waals surface area contributed by atoms with Crippen LogP contribution in [-0.2, 0) is 25.7 Å². The SMILES string of the molecule is Cc1cc(C(=O)COC(=O)CN2C(=O)[C@@H]3CCCC[C@H]3C2=O)c(C)n1Cc1ccco1. The molecule has 164 valence electrons. The molecule has 1 saturated carbocycles. The van der Waals surface area contributed by atoms with Crippen LogP contribution in [0, 0.1) is 25.7 Å². The molecule has 2 atom stereocenters. The number of ketones is 1. The fraction of sp³-hybridized carbons (Fsp3) is 0.478. The number of carbonyl (C=O) groups is 4. The third-order valence-corrected chi connectivity index (χ3v) is 6.35. The standard InChI is InChI=1S/C23H26N2O6/c1-14-10-19(15(2)24(14)11-16-6-5-9-30-16)20(26)13-31-21(27)12-25-22(28)17-7-3-4-8-18(17)23(25)29/h5-6,9-10,17-18H,3-4,7-8,11-13H2,1-2H3/t17-,18-/m1/s1. The molecular weight excluding hydrogens is 400 g/mol. The number of amides is 2. The number of ether oxygens (including phenoxy) is 1. The van der Waals surface area contributed by atoms with E-state index in [1.165, 1.54) is 0 Å². The predicted octanol–water partition coefficient (Wildman–Crippen LogP) is 2.65. The van der Waals surface area contributed by atoms with E-state index >= 15 is 0 Å². The lowest BCUT2D eigenvalue weighted by Gasteiger charge is -2.19. The Hall–Kier alpha value is -3.16. The quantitative estimate of drug-likeness (QED) is 0.383. The van der Waals surface area contributed by atoms with Gasteiger partial charge in [-0.15, -0.1) is 0 Å². The minimum Gasteiger partial charge on any atom is -0.467 e. The Morgan fingerprint density at radius 2 is 1.81 bits per heavy atom. The second-order valence-electron chi connectivity index (χ2n) is 8.29. The van der Waals surface area contributed by atoms with Crippen molar-refractivity contribution in [2.45, 2.75) is 46.1 Å². The van der Waals surface area contributed by atoms with Crippen LogP contribution in [0.5, 0.6) is 0 Å². The van der Waals surface area contributed by atoms with Gasteiger partial charge in [0, 0.05) is 17.0 Å². The lowest BCUT2D eigenvalue weighted by atomic mass is 9.81. The van der Waals surface area contributed by atoms with Gasteiger partial charge in [-0.05, 0) is 44.9 Å². The van der Waals surface area contributed by atoms with Crippen molar-refractivity contribution in [1.82, 2.24) is 9.47 Å². The summed E-state index contributed by atoms with van der Waals surface area (Å²) in [5, 5.41) is 0. The number of furan rings is 1. The van der Waals surface area contributed by atoms with E-state index in [0.717, 1.165) is 34.9 Å². The third-order valence-electron chi connectivity index (χ3n) is 6.35. The zero-order valence-corrected chi connectivity index (χ0v) is 17.8. The van der Waals surface area contributed by atoms with E-state index in [2.05, 4.69) is 0 Å². The van der Waals surface area contributed by atoms with Crippen molar-refractivity contribution in [3.05, 3.63) is 47.2 Å². The van der Waals surface area contributed by atoms with Gasteiger partial charge in [0.2, 0.25) is 17.6 Å². The van der Waals surface area contributed by atoms with Gasteiger partial charge in [-0.3, -0.25) is 24.1 Å². The average molecular weight is 426 g/mol. The highest BCUT2D eigenvalue weighted by molar-refractivity contribution is 6.07. The van der Waals surface area contributed by atoms with Gasteiger partial charge in [0.15, 0.2) is 6.61 Å². The smallest absolute Gasteiger partial charge is 0.326 e. The van der Waals surface area contributed by atoms with E-state index < -0.39 is 19.1 Å². The fourth-order valence-corrected chi connectivity index (χ4v) is 4.67. The number of hydrogen-bond acceptors (Lipinski definition) is 6. The van der Waals surface area contributed by atoms with Gasteiger partial charge in [0.25, 0.3) is 0 Å². The van der Waals surface area contributed by atoms with Crippen LogP contribution in [-0.4, -0.2) is 46.2 Å². The van der Waals surface area contributed by atoms with Crippen molar-refractivity contribution in [3.8, 4) is 0 Å². The molecule has 4 rings (SSSR count). The molecule has 2 aromatic heterocycles. The number of fused-ring (bicyclic) bond motifs is 1. The van der Waals surface area contributed by atoms with Gasteiger partial charge in [-0.1, -0.05) is 12.8 Å². The Balaban J connectivity index is 1.35. The van der Waals surface area contributed by atoms with E-state index in [1.807, 2.05) is 24.5 Å². The number of nitrogens with zero attached hydrogens (tertiary/aromatic N) is 2. The number of aryl methyl sites for hydroxylation is 1. The van der Waals surface area contributed by atoms with Crippen LogP contribution >= 0.6 is 0 Å². The summed E-state index contributed by atoms with van der Waals surface area (Å²) in [6.45, 7) is 3.35. The highest BCUT2D eigenvalue weighted by Crippen LogP contribution is 2.37. The summed E-state index contributed by atoms with van der Waals surface area (Å²) in [6, 6.07) is 5.42. The maximum Gasteiger partial charge on any atom is 0.326 e. The summed E-state index contributed by atoms with van der Waals surface area (Å²) in [6.07, 6.45) is 4.82. The van der Waals surface area contributed by atoms with E-state index in [0.29, 0.717) is 24.9 Å². The third kappa shape index (κ3) is 4.06. The molecule has 8 nitrogen and oxygen atoms in total. The van der Waals surface area contributed by atoms with Crippen molar-refractivity contribution >= 4 is 23.6 Å². The number of esters is 1. The molecule has 1 aliphatic heterocycles. The molecule has 2 amide bonds. The Kier molecular flexibility index (Phi) is 5.80. The maximum atomic E-state index is 12.6. The van der Waals surface area contributed by atoms with Crippen LogP contribution in [0.15, 0.2) is 28.9 Å². The van der Waals surface area contributed by atoms with Crippen molar-refractivity contribution in [2.75, 3.05) is 13.2 Å². The lowest BCUT2D eigenvalue weighted by Crippen LogP contribution is -2.37. The van der Waals surface area contributed by atoms with Crippen molar-refractivity contribution in [1.29, 1.82) is 0 Å². The fourth-order valence-electron chi connectivity index (χ4n) is 4.67. The minimum absolute atomic E-state index is 0.292. The largest absolute Gasteiger partial charge is 0.467 e. The molecule has 0 bridgehead atoms. The average Bonchev–Trinajstić information content (AvgIpc) is 3.44. The highest BCUT2D eigenvalue weighted by Gasteiger charge is 2.48. The maximum absolute atomic E-state index is 12.6. The molecule has 1 saturated heterocycles. The minimum atomic E-state index is -0.752. The van der Waals surface area contributed by atoms with Gasteiger partial charge in [-0.2, -0.15) is 0 Å². The first-order valence-electron chi connectivity index (χ1n) is 10.6. The number of Topliss-reactive ketones (excluding diaryl/α,β-unsaturated/α-hetero) is 1. The molecule has 8 heteroatoms. The molecule has 2 aromatic rings. The van der Waals surface area contributed by atoms with E-state index in [9.17, 15) is 19.2 Å². The summed E-state index contributed by atoms with van der Waals surface area (Å²) in [5.74, 6) is -1.52. The number of aromatic nitrogens is 1. The van der Waals surface area contributed by atoms with Crippen LogP contribution in [0.4, 0.5) is 0 Å². The second kappa shape index (κ2) is 8.53. The lowest BCUT2D eigenvalue weighted by molar-refractivity contribution is -0.152. The van der Waals surface area contributed by atoms with Gasteiger partial charge in [-0.25, -0.2) is 0 Å². The van der Waals surface area contributed by atoms with Gasteiger partial charge < -0.3 is 13.7 Å². The topological polar surface area (TPSA) is 98.8 Å². The Morgan fingerprint density at radius 1 is 1.13 bits per heavy atom. The summed E-state index contributed by atoms with van der Waals surface area (Å²) in [4.78, 5) is 50.9. The molecule has 0 radical (unpaired) electrons. The van der Waals surface area contributed by atoms with Gasteiger partial charge in [0.05, 0.1) is 24.6 Å². The molecule has 0 spiro atoms. The first-order chi connectivity index (χ1) is 14.9. The van der Waals surface area contributed by atoms with Crippen LogP contribution < -0.4 is 0 Å². The van der Waals surface area contributed by atoms with E-state index in [-0.39, 0.29) is 29.4 Å². The number of rotatable bonds is 7. The van der Waals surface area contributed by atoms with Crippen molar-refractivity contribution < 1.29 is 28.3 Å². The van der Waals surface area contributed by atoms with Crippen LogP contribution in [0.3, 0.4) is 0 Å². The number of likely N-dealkylation sites (tertiary alicyclic amines) is 1. The van der Waals surface area contributed by atoms with Crippen LogP contribution in [0.2, 0.25) is 0 Å². The number of imide groups is 1. The molecule has 0 unspecified atom stereocenters. The first kappa shape index (κ1) is 21.1. The zero-order chi connectivity index (χ0) is 22.1. The van der Waals surface area contributed by atoms with E-state index in [1.54, 1.807) is 18.4 Å². The van der Waals surface area contributed by atoms with Crippen LogP contribution in [0.25, 0.3) is 0 Å². The monoisotopic (exact) mass is 426 g/mol. The molecule has 31 heavy (non-hydrogen) atoms. The van der Waals surface area contributed by atoms with Gasteiger partial charge >= 0.3 is 5.97 Å². The van der Waals surface area contributed by atoms with Crippen molar-refractivity contribution in [2.24, 2.45) is 11.8 Å². The second-order valence-corrected chi connectivity index (χ2v) is 8.29. The Morgan fingerprint density at radius 3 is 2.42 bits per heavy atom. The number of carbonyl (C=O) groups excluding carboxylic acids is 4. The zero-order valence-electron chi connectivity index (χ0n) is 17.8. The summed E-state index contributed by atoms with van der Waals surface area (Å²) < 4.78 is 12.5. The van der Waals surface area contributed by atoms with Crippen molar-refractivity contribution in [3.63, 3.8) is 0 Å². The molecule has 3 heterocycles. The molecule has 0 N–H and O–H groups in total.